The zero-order valence-electron chi connectivity index (χ0n) is 12.9. The Morgan fingerprint density at radius 1 is 1.13 bits per heavy atom. The fourth-order valence-electron chi connectivity index (χ4n) is 2.70. The number of benzene rings is 2. The number of amides is 2. The molecule has 3 rings (SSSR count). The molecule has 2 amide bonds. The molecule has 23 heavy (non-hydrogen) atoms. The highest BCUT2D eigenvalue weighted by Crippen LogP contribution is 2.35. The third kappa shape index (κ3) is 2.59. The van der Waals surface area contributed by atoms with E-state index in [0.29, 0.717) is 5.70 Å². The first kappa shape index (κ1) is 15.2. The number of aryl methyl sites for hydroxylation is 1. The molecule has 3 nitrogen and oxygen atoms in total. The Morgan fingerprint density at radius 2 is 1.87 bits per heavy atom. The molecule has 2 aromatic carbocycles. The Hall–Kier alpha value is -2.69. The Morgan fingerprint density at radius 3 is 2.57 bits per heavy atom. The topological polar surface area (TPSA) is 23.6 Å². The number of nitrogens with zero attached hydrogens (tertiary/aromatic N) is 2. The highest BCUT2D eigenvalue weighted by atomic mass is 19.1. The normalized spacial score (nSPS) is 14.3. The van der Waals surface area contributed by atoms with Crippen molar-refractivity contribution in [2.24, 2.45) is 0 Å². The summed E-state index contributed by atoms with van der Waals surface area (Å²) < 4.78 is 26.9. The number of carbonyl (C=O) groups excluding carboxylic acids is 1. The minimum absolute atomic E-state index is 0.00149. The Balaban J connectivity index is 2.00. The van der Waals surface area contributed by atoms with E-state index < -0.39 is 11.6 Å². The van der Waals surface area contributed by atoms with Crippen LogP contribution >= 0.6 is 0 Å². The van der Waals surface area contributed by atoms with Gasteiger partial charge in [0, 0.05) is 29.9 Å². The molecule has 118 valence electrons. The molecule has 0 N–H and O–H groups in total. The largest absolute Gasteiger partial charge is 0.329 e. The van der Waals surface area contributed by atoms with Crippen LogP contribution in [0.5, 0.6) is 0 Å². The van der Waals surface area contributed by atoms with Crippen molar-refractivity contribution in [2.45, 2.75) is 13.5 Å². The van der Waals surface area contributed by atoms with Gasteiger partial charge in [0.05, 0.1) is 12.2 Å². The van der Waals surface area contributed by atoms with Gasteiger partial charge in [-0.1, -0.05) is 24.3 Å². The molecule has 0 unspecified atom stereocenters. The number of hydrogen-bond acceptors (Lipinski definition) is 1. The summed E-state index contributed by atoms with van der Waals surface area (Å²) in [6.07, 6.45) is 0. The van der Waals surface area contributed by atoms with Gasteiger partial charge < -0.3 is 0 Å². The van der Waals surface area contributed by atoms with E-state index in [4.69, 9.17) is 0 Å². The number of halogens is 2. The van der Waals surface area contributed by atoms with Gasteiger partial charge in [0.15, 0.2) is 0 Å². The summed E-state index contributed by atoms with van der Waals surface area (Å²) >= 11 is 0. The smallest absolute Gasteiger partial charge is 0.296 e. The summed E-state index contributed by atoms with van der Waals surface area (Å²) in [6, 6.07) is 8.77. The second-order valence-corrected chi connectivity index (χ2v) is 5.63. The first-order valence-electron chi connectivity index (χ1n) is 7.17. The zero-order valence-corrected chi connectivity index (χ0v) is 12.9. The molecule has 0 saturated heterocycles. The van der Waals surface area contributed by atoms with Crippen LogP contribution in [0.15, 0.2) is 43.0 Å². The van der Waals surface area contributed by atoms with Crippen LogP contribution in [-0.2, 0) is 6.54 Å². The molecule has 1 aliphatic heterocycles. The predicted molar refractivity (Wildman–Crippen MR) is 85.9 cm³/mol. The second kappa shape index (κ2) is 5.50. The summed E-state index contributed by atoms with van der Waals surface area (Å²) in [5.74, 6) is -1.32. The minimum atomic E-state index is -0.678. The molecule has 0 aromatic heterocycles. The highest BCUT2D eigenvalue weighted by molar-refractivity contribution is 6.03. The number of fused-ring (bicyclic) bond motifs is 1. The van der Waals surface area contributed by atoms with E-state index >= 15 is 0 Å². The predicted octanol–water partition coefficient (Wildman–Crippen LogP) is 4.32. The van der Waals surface area contributed by atoms with E-state index in [9.17, 15) is 13.6 Å². The molecule has 0 saturated carbocycles. The van der Waals surface area contributed by atoms with E-state index in [1.165, 1.54) is 21.9 Å². The first-order valence-corrected chi connectivity index (χ1v) is 7.17. The van der Waals surface area contributed by atoms with Crippen molar-refractivity contribution in [2.75, 3.05) is 11.9 Å². The van der Waals surface area contributed by atoms with E-state index in [-0.39, 0.29) is 18.1 Å². The van der Waals surface area contributed by atoms with Crippen molar-refractivity contribution < 1.29 is 13.6 Å². The summed E-state index contributed by atoms with van der Waals surface area (Å²) in [5.41, 5.74) is 3.39. The van der Waals surface area contributed by atoms with Crippen LogP contribution < -0.4 is 4.90 Å². The molecular formula is C18H16F2N2O. The van der Waals surface area contributed by atoms with Gasteiger partial charge >= 0.3 is 6.03 Å². The average molecular weight is 314 g/mol. The average Bonchev–Trinajstić information content (AvgIpc) is 2.51. The van der Waals surface area contributed by atoms with Crippen molar-refractivity contribution in [3.63, 3.8) is 0 Å². The molecule has 0 atom stereocenters. The molecule has 1 aliphatic rings. The third-order valence-corrected chi connectivity index (χ3v) is 4.01. The van der Waals surface area contributed by atoms with Gasteiger partial charge in [-0.25, -0.2) is 13.6 Å². The summed E-state index contributed by atoms with van der Waals surface area (Å²) in [4.78, 5) is 15.5. The Labute approximate surface area is 133 Å². The van der Waals surface area contributed by atoms with Gasteiger partial charge in [0.1, 0.15) is 11.6 Å². The van der Waals surface area contributed by atoms with Gasteiger partial charge in [-0.3, -0.25) is 9.80 Å². The van der Waals surface area contributed by atoms with Gasteiger partial charge in [-0.2, -0.15) is 0 Å². The lowest BCUT2D eigenvalue weighted by Gasteiger charge is -2.36. The molecule has 1 heterocycles. The van der Waals surface area contributed by atoms with Gasteiger partial charge in [0.2, 0.25) is 0 Å². The van der Waals surface area contributed by atoms with Crippen LogP contribution in [0.1, 0.15) is 16.7 Å². The van der Waals surface area contributed by atoms with Crippen LogP contribution in [0, 0.1) is 18.6 Å². The van der Waals surface area contributed by atoms with Gasteiger partial charge in [-0.05, 0) is 25.1 Å². The standard InChI is InChI=1S/C18H16F2N2O/c1-11-4-7-17-15(8-11)12(2)22(18(23)21(17)3)10-13-5-6-14(19)9-16(13)20/h4-9H,2,10H2,1,3H3. The van der Waals surface area contributed by atoms with Crippen molar-refractivity contribution in [1.29, 1.82) is 0 Å². The van der Waals surface area contributed by atoms with Crippen molar-refractivity contribution in [3.8, 4) is 0 Å². The minimum Gasteiger partial charge on any atom is -0.296 e. The lowest BCUT2D eigenvalue weighted by Crippen LogP contribution is -2.43. The fraction of sp³-hybridized carbons (Fsp3) is 0.167. The van der Waals surface area contributed by atoms with Crippen LogP contribution in [-0.4, -0.2) is 18.0 Å². The van der Waals surface area contributed by atoms with Crippen molar-refractivity contribution in [3.05, 3.63) is 71.3 Å². The van der Waals surface area contributed by atoms with E-state index in [1.807, 2.05) is 25.1 Å². The van der Waals surface area contributed by atoms with Crippen LogP contribution in [0.2, 0.25) is 0 Å². The van der Waals surface area contributed by atoms with Crippen LogP contribution in [0.4, 0.5) is 19.3 Å². The molecule has 0 radical (unpaired) electrons. The monoisotopic (exact) mass is 314 g/mol. The maximum absolute atomic E-state index is 13.9. The van der Waals surface area contributed by atoms with Crippen molar-refractivity contribution >= 4 is 17.4 Å². The SMILES string of the molecule is C=C1c2cc(C)ccc2N(C)C(=O)N1Cc1ccc(F)cc1F. The van der Waals surface area contributed by atoms with Crippen LogP contribution in [0.25, 0.3) is 5.70 Å². The maximum atomic E-state index is 13.9. The molecule has 0 aliphatic carbocycles. The van der Waals surface area contributed by atoms with E-state index in [1.54, 1.807) is 7.05 Å². The first-order chi connectivity index (χ1) is 10.9. The quantitative estimate of drug-likeness (QED) is 0.810. The molecule has 2 aromatic rings. The number of carbonyl (C=O) groups is 1. The summed E-state index contributed by atoms with van der Waals surface area (Å²) in [6.45, 7) is 5.94. The number of rotatable bonds is 2. The van der Waals surface area contributed by atoms with E-state index in [0.717, 1.165) is 22.9 Å². The number of anilines is 1. The zero-order chi connectivity index (χ0) is 16.7. The maximum Gasteiger partial charge on any atom is 0.329 e. The van der Waals surface area contributed by atoms with Gasteiger partial charge in [-0.15, -0.1) is 0 Å². The summed E-state index contributed by atoms with van der Waals surface area (Å²) in [5, 5.41) is 0. The second-order valence-electron chi connectivity index (χ2n) is 5.63. The summed E-state index contributed by atoms with van der Waals surface area (Å²) in [7, 11) is 1.66. The lowest BCUT2D eigenvalue weighted by atomic mass is 10.0. The molecule has 0 spiro atoms. The van der Waals surface area contributed by atoms with Crippen molar-refractivity contribution in [1.82, 2.24) is 4.90 Å². The van der Waals surface area contributed by atoms with Gasteiger partial charge in [0.25, 0.3) is 0 Å². The Kier molecular flexibility index (Phi) is 3.64. The van der Waals surface area contributed by atoms with E-state index in [2.05, 4.69) is 6.58 Å². The lowest BCUT2D eigenvalue weighted by molar-refractivity contribution is 0.222. The number of hydrogen-bond donors (Lipinski definition) is 0. The number of urea groups is 1. The molecule has 0 fully saturated rings. The Bertz CT molecular complexity index is 817. The third-order valence-electron chi connectivity index (χ3n) is 4.01. The van der Waals surface area contributed by atoms with Crippen LogP contribution in [0.3, 0.4) is 0 Å². The fourth-order valence-corrected chi connectivity index (χ4v) is 2.70. The molecule has 5 heteroatoms. The molecular weight excluding hydrogens is 298 g/mol. The molecule has 0 bridgehead atoms. The highest BCUT2D eigenvalue weighted by Gasteiger charge is 2.31.